The molecule has 1 aromatic carbocycles. The second kappa shape index (κ2) is 5.99. The van der Waals surface area contributed by atoms with Crippen molar-refractivity contribution in [2.24, 2.45) is 5.73 Å². The predicted octanol–water partition coefficient (Wildman–Crippen LogP) is 0.816. The Morgan fingerprint density at radius 1 is 1.30 bits per heavy atom. The van der Waals surface area contributed by atoms with E-state index in [0.29, 0.717) is 24.6 Å². The van der Waals surface area contributed by atoms with Crippen LogP contribution in [0, 0.1) is 0 Å². The number of hydrogen-bond acceptors (Lipinski definition) is 5. The fourth-order valence-corrected chi connectivity index (χ4v) is 4.02. The van der Waals surface area contributed by atoms with Gasteiger partial charge in [-0.3, -0.25) is 0 Å². The largest absolute Gasteiger partial charge is 0.497 e. The number of piperidine rings is 1. The maximum Gasteiger partial charge on any atom is 0.246 e. The molecule has 20 heavy (non-hydrogen) atoms. The molecule has 0 bridgehead atoms. The zero-order valence-electron chi connectivity index (χ0n) is 11.7. The molecule has 1 atom stereocenters. The van der Waals surface area contributed by atoms with Gasteiger partial charge >= 0.3 is 0 Å². The van der Waals surface area contributed by atoms with Gasteiger partial charge in [-0.05, 0) is 25.0 Å². The van der Waals surface area contributed by atoms with Gasteiger partial charge in [-0.2, -0.15) is 4.31 Å². The lowest BCUT2D eigenvalue weighted by Crippen LogP contribution is -2.45. The molecule has 0 radical (unpaired) electrons. The van der Waals surface area contributed by atoms with Crippen molar-refractivity contribution in [1.29, 1.82) is 0 Å². The first-order chi connectivity index (χ1) is 9.48. The molecule has 0 saturated carbocycles. The molecule has 7 heteroatoms. The van der Waals surface area contributed by atoms with Gasteiger partial charge in [-0.15, -0.1) is 0 Å². The van der Waals surface area contributed by atoms with Crippen molar-refractivity contribution in [2.75, 3.05) is 27.3 Å². The summed E-state index contributed by atoms with van der Waals surface area (Å²) in [7, 11) is -0.680. The van der Waals surface area contributed by atoms with E-state index in [0.717, 1.165) is 12.8 Å². The van der Waals surface area contributed by atoms with Crippen LogP contribution in [0.15, 0.2) is 23.1 Å². The summed E-state index contributed by atoms with van der Waals surface area (Å²) in [6, 6.07) is 4.62. The van der Waals surface area contributed by atoms with Gasteiger partial charge in [0.2, 0.25) is 10.0 Å². The standard InChI is InChI=1S/C13H20N2O4S/c1-18-11-5-6-12(19-2)13(8-11)20(16,17)15-7-3-4-10(14)9-15/h5-6,8,10H,3-4,7,9,14H2,1-2H3/t10-/m1/s1. The number of rotatable bonds is 4. The SMILES string of the molecule is COc1ccc(OC)c(S(=O)(=O)N2CCC[C@@H](N)C2)c1. The van der Waals surface area contributed by atoms with Crippen LogP contribution < -0.4 is 15.2 Å². The Kier molecular flexibility index (Phi) is 4.52. The molecular weight excluding hydrogens is 280 g/mol. The number of ether oxygens (including phenoxy) is 2. The third kappa shape index (κ3) is 2.89. The highest BCUT2D eigenvalue weighted by Gasteiger charge is 2.31. The molecule has 0 aromatic heterocycles. The first kappa shape index (κ1) is 15.1. The van der Waals surface area contributed by atoms with Crippen LogP contribution in [-0.2, 0) is 10.0 Å². The molecule has 0 aliphatic carbocycles. The lowest BCUT2D eigenvalue weighted by atomic mass is 10.1. The summed E-state index contributed by atoms with van der Waals surface area (Å²) < 4.78 is 37.1. The van der Waals surface area contributed by atoms with E-state index in [1.165, 1.54) is 24.6 Å². The Balaban J connectivity index is 2.42. The fourth-order valence-electron chi connectivity index (χ4n) is 2.32. The van der Waals surface area contributed by atoms with E-state index in [9.17, 15) is 8.42 Å². The first-order valence-corrected chi connectivity index (χ1v) is 7.91. The van der Waals surface area contributed by atoms with Crippen molar-refractivity contribution in [3.63, 3.8) is 0 Å². The number of benzene rings is 1. The van der Waals surface area contributed by atoms with Crippen LogP contribution in [0.3, 0.4) is 0 Å². The van der Waals surface area contributed by atoms with E-state index in [1.54, 1.807) is 12.1 Å². The minimum Gasteiger partial charge on any atom is -0.497 e. The average Bonchev–Trinajstić information content (AvgIpc) is 2.46. The normalized spacial score (nSPS) is 20.6. The summed E-state index contributed by atoms with van der Waals surface area (Å²) in [5.41, 5.74) is 5.86. The number of nitrogens with zero attached hydrogens (tertiary/aromatic N) is 1. The van der Waals surface area contributed by atoms with Crippen LogP contribution in [0.25, 0.3) is 0 Å². The Hall–Kier alpha value is -1.31. The highest BCUT2D eigenvalue weighted by Crippen LogP contribution is 2.31. The monoisotopic (exact) mass is 300 g/mol. The Morgan fingerprint density at radius 3 is 2.65 bits per heavy atom. The second-order valence-corrected chi connectivity index (χ2v) is 6.69. The summed E-state index contributed by atoms with van der Waals surface area (Å²) >= 11 is 0. The quantitative estimate of drug-likeness (QED) is 0.890. The molecule has 1 aromatic rings. The van der Waals surface area contributed by atoms with E-state index in [4.69, 9.17) is 15.2 Å². The Bertz CT molecular complexity index is 574. The van der Waals surface area contributed by atoms with Crippen LogP contribution >= 0.6 is 0 Å². The lowest BCUT2D eigenvalue weighted by Gasteiger charge is -2.30. The van der Waals surface area contributed by atoms with Crippen LogP contribution in [0.2, 0.25) is 0 Å². The average molecular weight is 300 g/mol. The molecule has 0 spiro atoms. The third-order valence-electron chi connectivity index (χ3n) is 3.41. The van der Waals surface area contributed by atoms with Crippen molar-refractivity contribution >= 4 is 10.0 Å². The number of sulfonamides is 1. The molecule has 6 nitrogen and oxygen atoms in total. The minimum absolute atomic E-state index is 0.116. The zero-order valence-corrected chi connectivity index (χ0v) is 12.5. The van der Waals surface area contributed by atoms with Crippen molar-refractivity contribution in [1.82, 2.24) is 4.31 Å². The Labute approximate surface area is 119 Å². The van der Waals surface area contributed by atoms with Gasteiger partial charge in [0.1, 0.15) is 16.4 Å². The summed E-state index contributed by atoms with van der Waals surface area (Å²) in [5, 5.41) is 0. The second-order valence-electron chi connectivity index (χ2n) is 4.78. The van der Waals surface area contributed by atoms with Crippen molar-refractivity contribution < 1.29 is 17.9 Å². The number of nitrogens with two attached hydrogens (primary N) is 1. The van der Waals surface area contributed by atoms with Gasteiger partial charge in [0.05, 0.1) is 14.2 Å². The zero-order chi connectivity index (χ0) is 14.8. The first-order valence-electron chi connectivity index (χ1n) is 6.47. The molecular formula is C13H20N2O4S. The molecule has 2 N–H and O–H groups in total. The van der Waals surface area contributed by atoms with Gasteiger partial charge in [0, 0.05) is 25.2 Å². The predicted molar refractivity (Wildman–Crippen MR) is 75.5 cm³/mol. The molecule has 1 aliphatic heterocycles. The Morgan fingerprint density at radius 2 is 2.05 bits per heavy atom. The van der Waals surface area contributed by atoms with Crippen LogP contribution in [0.5, 0.6) is 11.5 Å². The maximum atomic E-state index is 12.7. The van der Waals surface area contributed by atoms with Crippen molar-refractivity contribution in [3.8, 4) is 11.5 Å². The van der Waals surface area contributed by atoms with Crippen LogP contribution in [0.1, 0.15) is 12.8 Å². The van der Waals surface area contributed by atoms with Gasteiger partial charge in [-0.25, -0.2) is 8.42 Å². The summed E-state index contributed by atoms with van der Waals surface area (Å²) in [6.07, 6.45) is 1.62. The third-order valence-corrected chi connectivity index (χ3v) is 5.30. The highest BCUT2D eigenvalue weighted by atomic mass is 32.2. The van der Waals surface area contributed by atoms with Gasteiger partial charge < -0.3 is 15.2 Å². The highest BCUT2D eigenvalue weighted by molar-refractivity contribution is 7.89. The molecule has 1 fully saturated rings. The van der Waals surface area contributed by atoms with Crippen molar-refractivity contribution in [3.05, 3.63) is 18.2 Å². The van der Waals surface area contributed by atoms with Gasteiger partial charge in [0.15, 0.2) is 0 Å². The molecule has 1 aliphatic rings. The molecule has 1 heterocycles. The van der Waals surface area contributed by atoms with Gasteiger partial charge in [0.25, 0.3) is 0 Å². The molecule has 2 rings (SSSR count). The van der Waals surface area contributed by atoms with E-state index in [1.807, 2.05) is 0 Å². The van der Waals surface area contributed by atoms with Crippen LogP contribution in [0.4, 0.5) is 0 Å². The molecule has 0 unspecified atom stereocenters. The van der Waals surface area contributed by atoms with Crippen LogP contribution in [-0.4, -0.2) is 46.1 Å². The summed E-state index contributed by atoms with van der Waals surface area (Å²) in [6.45, 7) is 0.819. The topological polar surface area (TPSA) is 81.9 Å². The van der Waals surface area contributed by atoms with E-state index in [-0.39, 0.29) is 10.9 Å². The molecule has 0 amide bonds. The van der Waals surface area contributed by atoms with E-state index < -0.39 is 10.0 Å². The van der Waals surface area contributed by atoms with E-state index in [2.05, 4.69) is 0 Å². The maximum absolute atomic E-state index is 12.7. The summed E-state index contributed by atoms with van der Waals surface area (Å²) in [4.78, 5) is 0.119. The minimum atomic E-state index is -3.62. The van der Waals surface area contributed by atoms with Crippen molar-refractivity contribution in [2.45, 2.75) is 23.8 Å². The lowest BCUT2D eigenvalue weighted by molar-refractivity contribution is 0.313. The molecule has 1 saturated heterocycles. The number of hydrogen-bond donors (Lipinski definition) is 1. The van der Waals surface area contributed by atoms with Gasteiger partial charge in [-0.1, -0.05) is 0 Å². The molecule has 112 valence electrons. The fraction of sp³-hybridized carbons (Fsp3) is 0.538. The summed E-state index contributed by atoms with van der Waals surface area (Å²) in [5.74, 6) is 0.788. The van der Waals surface area contributed by atoms with E-state index >= 15 is 0 Å². The smallest absolute Gasteiger partial charge is 0.246 e. The number of methoxy groups -OCH3 is 2.